The molecule has 3 N–H and O–H groups in total. The van der Waals surface area contributed by atoms with Crippen LogP contribution < -0.4 is 10.5 Å². The van der Waals surface area contributed by atoms with Crippen LogP contribution in [0.25, 0.3) is 0 Å². The predicted octanol–water partition coefficient (Wildman–Crippen LogP) is 1.37. The number of aromatic nitrogens is 4. The fourth-order valence-corrected chi connectivity index (χ4v) is 3.74. The molecule has 0 aliphatic rings. The number of pyridine rings is 2. The molecule has 0 aliphatic carbocycles. The van der Waals surface area contributed by atoms with Crippen LogP contribution in [0.2, 0.25) is 0 Å². The Kier molecular flexibility index (Phi) is 6.01. The van der Waals surface area contributed by atoms with E-state index < -0.39 is 10.0 Å². The molecule has 0 fully saturated rings. The number of hydrogen-bond donors (Lipinski definition) is 2. The van der Waals surface area contributed by atoms with E-state index in [2.05, 4.69) is 25.5 Å². The Morgan fingerprint density at radius 3 is 2.11 bits per heavy atom. The Bertz CT molecular complexity index is 969. The predicted molar refractivity (Wildman–Crippen MR) is 105 cm³/mol. The van der Waals surface area contributed by atoms with Crippen LogP contribution in [0, 0.1) is 0 Å². The number of nitrogens with zero attached hydrogens (tertiary/aromatic N) is 5. The molecule has 0 saturated heterocycles. The normalized spacial score (nSPS) is 11.1. The first-order valence-electron chi connectivity index (χ1n) is 7.64. The van der Waals surface area contributed by atoms with Gasteiger partial charge in [0.05, 0.1) is 24.5 Å². The molecule has 3 aromatic heterocycles. The fourth-order valence-electron chi connectivity index (χ4n) is 2.12. The average Bonchev–Trinajstić information content (AvgIpc) is 3.12. The second kappa shape index (κ2) is 8.43. The van der Waals surface area contributed by atoms with Crippen molar-refractivity contribution in [3.05, 3.63) is 60.2 Å². The van der Waals surface area contributed by atoms with E-state index in [1.807, 2.05) is 41.3 Å². The van der Waals surface area contributed by atoms with Crippen LogP contribution in [0.15, 0.2) is 53.1 Å². The Labute approximate surface area is 165 Å². The largest absolute Gasteiger partial charge is 0.337 e. The van der Waals surface area contributed by atoms with Crippen LogP contribution in [-0.2, 0) is 23.1 Å². The molecule has 3 heterocycles. The molecular formula is C15H15N7O2S3. The lowest BCUT2D eigenvalue weighted by atomic mass is 10.3. The van der Waals surface area contributed by atoms with Gasteiger partial charge in [0.2, 0.25) is 9.47 Å². The van der Waals surface area contributed by atoms with Crippen molar-refractivity contribution in [2.24, 2.45) is 5.14 Å². The smallest absolute Gasteiger partial charge is 0.267 e. The minimum atomic E-state index is -3.91. The summed E-state index contributed by atoms with van der Waals surface area (Å²) in [7, 11) is -3.91. The first kappa shape index (κ1) is 19.2. The molecule has 3 rings (SSSR count). The van der Waals surface area contributed by atoms with E-state index in [0.29, 0.717) is 18.2 Å². The van der Waals surface area contributed by atoms with Gasteiger partial charge in [0.1, 0.15) is 0 Å². The van der Waals surface area contributed by atoms with Gasteiger partial charge >= 0.3 is 0 Å². The quantitative estimate of drug-likeness (QED) is 0.567. The lowest BCUT2D eigenvalue weighted by molar-refractivity contribution is 0.402. The molecule has 0 radical (unpaired) electrons. The van der Waals surface area contributed by atoms with E-state index >= 15 is 0 Å². The molecule has 0 aromatic carbocycles. The van der Waals surface area contributed by atoms with Crippen molar-refractivity contribution in [2.75, 3.05) is 5.32 Å². The first-order chi connectivity index (χ1) is 12.9. The minimum absolute atomic E-state index is 0.232. The third-order valence-corrected chi connectivity index (χ3v) is 5.82. The van der Waals surface area contributed by atoms with Gasteiger partial charge in [-0.05, 0) is 36.5 Å². The summed E-state index contributed by atoms with van der Waals surface area (Å²) in [5.74, 6) is 0. The van der Waals surface area contributed by atoms with E-state index in [1.54, 1.807) is 12.4 Å². The molecule has 0 amide bonds. The molecule has 0 aliphatic heterocycles. The number of rotatable bonds is 6. The molecular weight excluding hydrogens is 406 g/mol. The van der Waals surface area contributed by atoms with Gasteiger partial charge < -0.3 is 10.2 Å². The third kappa shape index (κ3) is 5.47. The second-order valence-electron chi connectivity index (χ2n) is 5.35. The van der Waals surface area contributed by atoms with Crippen LogP contribution in [0.5, 0.6) is 0 Å². The van der Waals surface area contributed by atoms with Crippen molar-refractivity contribution in [3.63, 3.8) is 0 Å². The summed E-state index contributed by atoms with van der Waals surface area (Å²) < 4.78 is 22.4. The summed E-state index contributed by atoms with van der Waals surface area (Å²) in [6.07, 6.45) is 3.40. The average molecular weight is 422 g/mol. The van der Waals surface area contributed by atoms with E-state index in [0.717, 1.165) is 22.7 Å². The van der Waals surface area contributed by atoms with Gasteiger partial charge in [-0.15, -0.1) is 10.2 Å². The van der Waals surface area contributed by atoms with Crippen LogP contribution in [0.1, 0.15) is 11.4 Å². The Hall–Kier alpha value is -2.54. The molecule has 12 heteroatoms. The molecule has 0 atom stereocenters. The van der Waals surface area contributed by atoms with Crippen molar-refractivity contribution in [2.45, 2.75) is 17.4 Å². The van der Waals surface area contributed by atoms with Crippen LogP contribution >= 0.6 is 23.6 Å². The summed E-state index contributed by atoms with van der Waals surface area (Å²) >= 11 is 6.28. The molecule has 0 spiro atoms. The van der Waals surface area contributed by atoms with Crippen molar-refractivity contribution in [3.8, 4) is 0 Å². The highest BCUT2D eigenvalue weighted by molar-refractivity contribution is 7.91. The second-order valence-corrected chi connectivity index (χ2v) is 8.45. The summed E-state index contributed by atoms with van der Waals surface area (Å²) in [6, 6.07) is 11.2. The van der Waals surface area contributed by atoms with E-state index in [1.165, 1.54) is 0 Å². The number of nitrogens with two attached hydrogens (primary N) is 1. The maximum absolute atomic E-state index is 11.3. The number of nitrogens with one attached hydrogen (secondary N) is 1. The van der Waals surface area contributed by atoms with Gasteiger partial charge in [-0.3, -0.25) is 9.97 Å². The maximum Gasteiger partial charge on any atom is 0.267 e. The van der Waals surface area contributed by atoms with E-state index in [4.69, 9.17) is 17.4 Å². The number of thiocarbonyl (C=S) groups is 1. The highest BCUT2D eigenvalue weighted by Gasteiger charge is 2.18. The van der Waals surface area contributed by atoms with Crippen molar-refractivity contribution in [1.82, 2.24) is 25.1 Å². The molecule has 9 nitrogen and oxygen atoms in total. The molecule has 27 heavy (non-hydrogen) atoms. The number of hydrogen-bond acceptors (Lipinski definition) is 8. The lowest BCUT2D eigenvalue weighted by Crippen LogP contribution is -2.34. The Morgan fingerprint density at radius 1 is 1.07 bits per heavy atom. The van der Waals surface area contributed by atoms with Crippen molar-refractivity contribution in [1.29, 1.82) is 0 Å². The standard InChI is InChI=1S/C15H15N7O2S3/c16-27(23,24)15-21-20-13(26-15)19-14(25)22(9-11-5-1-3-7-17-11)10-12-6-2-4-8-18-12/h1-8H,9-10H2,(H2,16,23,24)(H,19,20,25). The van der Waals surface area contributed by atoms with Gasteiger partial charge in [0.15, 0.2) is 5.11 Å². The van der Waals surface area contributed by atoms with E-state index in [-0.39, 0.29) is 9.47 Å². The number of sulfonamides is 1. The molecule has 140 valence electrons. The van der Waals surface area contributed by atoms with Gasteiger partial charge in [-0.2, -0.15) is 0 Å². The van der Waals surface area contributed by atoms with Crippen molar-refractivity contribution < 1.29 is 8.42 Å². The van der Waals surface area contributed by atoms with Crippen molar-refractivity contribution >= 4 is 43.8 Å². The van der Waals surface area contributed by atoms with Gasteiger partial charge in [-0.25, -0.2) is 13.6 Å². The topological polar surface area (TPSA) is 127 Å². The summed E-state index contributed by atoms with van der Waals surface area (Å²) in [5, 5.41) is 15.9. The summed E-state index contributed by atoms with van der Waals surface area (Å²) in [6.45, 7) is 0.869. The Morgan fingerprint density at radius 2 is 1.67 bits per heavy atom. The maximum atomic E-state index is 11.3. The highest BCUT2D eigenvalue weighted by atomic mass is 32.2. The molecule has 0 bridgehead atoms. The van der Waals surface area contributed by atoms with Crippen LogP contribution in [0.4, 0.5) is 5.13 Å². The number of anilines is 1. The molecule has 0 saturated carbocycles. The monoisotopic (exact) mass is 421 g/mol. The van der Waals surface area contributed by atoms with Gasteiger partial charge in [-0.1, -0.05) is 23.5 Å². The fraction of sp³-hybridized carbons (Fsp3) is 0.133. The minimum Gasteiger partial charge on any atom is -0.337 e. The van der Waals surface area contributed by atoms with Gasteiger partial charge in [0.25, 0.3) is 10.0 Å². The zero-order chi connectivity index (χ0) is 19.3. The number of primary sulfonamides is 1. The third-order valence-electron chi connectivity index (χ3n) is 3.31. The molecule has 0 unspecified atom stereocenters. The molecule has 3 aromatic rings. The van der Waals surface area contributed by atoms with Crippen LogP contribution in [-0.4, -0.2) is 38.6 Å². The Balaban J connectivity index is 1.78. The van der Waals surface area contributed by atoms with E-state index in [9.17, 15) is 8.42 Å². The van der Waals surface area contributed by atoms with Crippen LogP contribution in [0.3, 0.4) is 0 Å². The van der Waals surface area contributed by atoms with Gasteiger partial charge in [0, 0.05) is 12.4 Å². The lowest BCUT2D eigenvalue weighted by Gasteiger charge is -2.24. The first-order valence-corrected chi connectivity index (χ1v) is 10.4. The summed E-state index contributed by atoms with van der Waals surface area (Å²) in [5.41, 5.74) is 1.64. The summed E-state index contributed by atoms with van der Waals surface area (Å²) in [4.78, 5) is 10.5. The highest BCUT2D eigenvalue weighted by Crippen LogP contribution is 2.19. The zero-order valence-electron chi connectivity index (χ0n) is 13.9. The SMILES string of the molecule is NS(=O)(=O)c1nnc(NC(=S)N(Cc2ccccn2)Cc2ccccn2)s1. The zero-order valence-corrected chi connectivity index (χ0v) is 16.3.